The summed E-state index contributed by atoms with van der Waals surface area (Å²) in [6.07, 6.45) is 1.77. The number of rotatable bonds is 20. The maximum absolute atomic E-state index is 14.1. The van der Waals surface area contributed by atoms with E-state index in [1.807, 2.05) is 73.3 Å². The van der Waals surface area contributed by atoms with Gasteiger partial charge in [0.25, 0.3) is 27.8 Å². The molecule has 5 aliphatic rings. The van der Waals surface area contributed by atoms with Gasteiger partial charge < -0.3 is 44.4 Å². The number of aliphatic imine (C=N–C) groups is 1. The summed E-state index contributed by atoms with van der Waals surface area (Å²) >= 11 is 0. The summed E-state index contributed by atoms with van der Waals surface area (Å²) in [4.78, 5) is 79.9. The summed E-state index contributed by atoms with van der Waals surface area (Å²) in [5, 5.41) is 14.9. The summed E-state index contributed by atoms with van der Waals surface area (Å²) in [6, 6.07) is 27.6. The molecule has 0 bridgehead atoms. The molecule has 23 heteroatoms. The van der Waals surface area contributed by atoms with Gasteiger partial charge in [-0.1, -0.05) is 58.0 Å². The lowest BCUT2D eigenvalue weighted by atomic mass is 10.1. The summed E-state index contributed by atoms with van der Waals surface area (Å²) in [5.74, 6) is -1.25. The van der Waals surface area contributed by atoms with Crippen LogP contribution >= 0.6 is 21.6 Å². The van der Waals surface area contributed by atoms with Gasteiger partial charge in [-0.05, 0) is 97.8 Å². The molecule has 414 valence electrons. The molecule has 1 fully saturated rings. The molecule has 5 aromatic carbocycles. The second-order valence-corrected chi connectivity index (χ2v) is 25.0. The Morgan fingerprint density at radius 1 is 0.835 bits per heavy atom. The smallest absolute Gasteiger partial charge is 0.353 e. The molecule has 1 saturated heterocycles. The van der Waals surface area contributed by atoms with E-state index in [4.69, 9.17) is 28.8 Å². The number of nitrogens with one attached hydrogen (secondary N) is 2. The third-order valence-corrected chi connectivity index (χ3v) is 18.8. The minimum Gasteiger partial charge on any atom is -0.493 e. The van der Waals surface area contributed by atoms with Crippen molar-refractivity contribution in [2.75, 3.05) is 47.0 Å². The second kappa shape index (κ2) is 22.8. The number of aliphatic hydroxyl groups excluding tert-OH is 1. The van der Waals surface area contributed by atoms with Gasteiger partial charge in [0.2, 0.25) is 5.91 Å². The molecular formula is C56H58N6O14S3. The Labute approximate surface area is 464 Å². The van der Waals surface area contributed by atoms with Crippen LogP contribution in [-0.2, 0) is 55.4 Å². The van der Waals surface area contributed by atoms with Crippen molar-refractivity contribution in [3.63, 3.8) is 0 Å². The minimum atomic E-state index is -4.92. The van der Waals surface area contributed by atoms with Crippen molar-refractivity contribution < 1.29 is 65.8 Å². The molecule has 0 spiro atoms. The second-order valence-electron chi connectivity index (χ2n) is 20.2. The van der Waals surface area contributed by atoms with E-state index < -0.39 is 38.2 Å². The Morgan fingerprint density at radius 3 is 2.13 bits per heavy atom. The van der Waals surface area contributed by atoms with E-state index in [9.17, 15) is 42.0 Å². The number of hydroxylamine groups is 2. The first kappa shape index (κ1) is 55.0. The fraction of sp³-hybridized carbons (Fsp3) is 0.357. The maximum atomic E-state index is 14.1. The van der Waals surface area contributed by atoms with E-state index >= 15 is 0 Å². The van der Waals surface area contributed by atoms with Crippen LogP contribution in [0.15, 0.2) is 96.0 Å². The van der Waals surface area contributed by atoms with Crippen LogP contribution in [0.1, 0.15) is 88.9 Å². The van der Waals surface area contributed by atoms with Crippen molar-refractivity contribution in [3.8, 4) is 23.0 Å². The molecular weight excluding hydrogens is 1080 g/mol. The zero-order chi connectivity index (χ0) is 55.8. The van der Waals surface area contributed by atoms with Crippen LogP contribution in [0.2, 0.25) is 0 Å². The molecule has 0 aliphatic carbocycles. The molecule has 0 saturated carbocycles. The van der Waals surface area contributed by atoms with Crippen molar-refractivity contribution in [2.45, 2.75) is 100 Å². The summed E-state index contributed by atoms with van der Waals surface area (Å²) < 4.78 is 58.1. The number of carbonyl (C=O) groups is 5. The minimum absolute atomic E-state index is 0.00394. The third-order valence-electron chi connectivity index (χ3n) is 14.3. The van der Waals surface area contributed by atoms with Gasteiger partial charge in [-0.25, -0.2) is 4.79 Å². The van der Waals surface area contributed by atoms with Crippen LogP contribution in [0.4, 0.5) is 28.4 Å². The van der Waals surface area contributed by atoms with Crippen LogP contribution in [0, 0.1) is 0 Å². The standard InChI is InChI=1S/C56H58N6O14S3/c1-56(2,78-77-18-16-49(79(69,70)71)55(68)76-62-51(64)13-14-52(62)65)17-15-50(63)59-36-20-32(30-74-47-26-41-39(24-45(47)72-3)53(66)60-37(28-57-41)22-34-9-5-7-11-43(34)60)19-33(21-36)31-75-48-27-42-40(25-46(48)73-4)54(67)61-38(29-58-42)23-35-10-6-8-12-44(35)61/h5-12,19-21,24-28,37-38,49,51,58,64H,13-18,22-23,29-31H2,1-4H3,(H,59,63)(H,69,70,71). The number of carbonyl (C=O) groups excluding carboxylic acids is 5. The molecule has 4 atom stereocenters. The highest BCUT2D eigenvalue weighted by Gasteiger charge is 2.41. The molecule has 20 nitrogen and oxygen atoms in total. The monoisotopic (exact) mass is 1130 g/mol. The van der Waals surface area contributed by atoms with E-state index in [1.54, 1.807) is 47.5 Å². The molecule has 10 rings (SSSR count). The number of anilines is 4. The molecule has 79 heavy (non-hydrogen) atoms. The Bertz CT molecular complexity index is 3390. The average molecular weight is 1140 g/mol. The van der Waals surface area contributed by atoms with Crippen LogP contribution in [0.5, 0.6) is 23.0 Å². The number of amides is 4. The lowest BCUT2D eigenvalue weighted by Gasteiger charge is -2.24. The summed E-state index contributed by atoms with van der Waals surface area (Å²) in [7, 11) is 0.680. The Hall–Kier alpha value is -7.31. The van der Waals surface area contributed by atoms with Crippen LogP contribution in [-0.4, -0.2) is 114 Å². The van der Waals surface area contributed by atoms with Crippen LogP contribution in [0.25, 0.3) is 0 Å². The molecule has 0 radical (unpaired) electrons. The van der Waals surface area contributed by atoms with Crippen molar-refractivity contribution in [1.82, 2.24) is 5.06 Å². The maximum Gasteiger partial charge on any atom is 0.353 e. The molecule has 5 heterocycles. The summed E-state index contributed by atoms with van der Waals surface area (Å²) in [5.41, 5.74) is 7.51. The lowest BCUT2D eigenvalue weighted by molar-refractivity contribution is -0.220. The highest BCUT2D eigenvalue weighted by molar-refractivity contribution is 8.77. The largest absolute Gasteiger partial charge is 0.493 e. The number of benzene rings is 5. The lowest BCUT2D eigenvalue weighted by Crippen LogP contribution is -2.41. The molecule has 5 aromatic rings. The van der Waals surface area contributed by atoms with Gasteiger partial charge in [0.05, 0.1) is 48.8 Å². The predicted octanol–water partition coefficient (Wildman–Crippen LogP) is 8.07. The molecule has 5 aliphatic heterocycles. The van der Waals surface area contributed by atoms with E-state index in [0.29, 0.717) is 86.8 Å². The SMILES string of the molecule is COc1cc2c(cc1OCc1cc(COc3cc4c(cc3OC)C(=O)N3c5ccccc5CC3CN4)cc(NC(=O)CCC(C)(C)SSCCC(C(=O)ON3C(=O)CCC3O)S(=O)(=O)O)c1)N=CC1Cc3ccccc3N1C2=O. The average Bonchev–Trinajstić information content (AvgIpc) is 4.09. The Morgan fingerprint density at radius 2 is 1.47 bits per heavy atom. The fourth-order valence-electron chi connectivity index (χ4n) is 10.3. The van der Waals surface area contributed by atoms with Crippen molar-refractivity contribution in [1.29, 1.82) is 0 Å². The first-order valence-corrected chi connectivity index (χ1v) is 29.4. The van der Waals surface area contributed by atoms with E-state index in [2.05, 4.69) is 10.6 Å². The van der Waals surface area contributed by atoms with Gasteiger partial charge in [-0.15, -0.1) is 5.06 Å². The van der Waals surface area contributed by atoms with E-state index in [0.717, 1.165) is 28.9 Å². The van der Waals surface area contributed by atoms with E-state index in [-0.39, 0.29) is 74.5 Å². The summed E-state index contributed by atoms with van der Waals surface area (Å²) in [6.45, 7) is 4.35. The van der Waals surface area contributed by atoms with Crippen molar-refractivity contribution in [2.24, 2.45) is 4.99 Å². The number of methoxy groups -OCH3 is 2. The Balaban J connectivity index is 0.838. The van der Waals surface area contributed by atoms with Gasteiger partial charge in [-0.2, -0.15) is 8.42 Å². The van der Waals surface area contributed by atoms with Crippen molar-refractivity contribution >= 4 is 96.0 Å². The van der Waals surface area contributed by atoms with E-state index in [1.165, 1.54) is 35.8 Å². The fourth-order valence-corrected chi connectivity index (χ4v) is 13.8. The van der Waals surface area contributed by atoms with Gasteiger partial charge in [0.15, 0.2) is 34.5 Å². The number of fused-ring (bicyclic) bond motifs is 8. The number of hydrogen-bond donors (Lipinski definition) is 4. The third kappa shape index (κ3) is 11.9. The Kier molecular flexibility index (Phi) is 15.9. The number of nitrogens with zero attached hydrogens (tertiary/aromatic N) is 4. The topological polar surface area (TPSA) is 252 Å². The molecule has 4 unspecified atom stereocenters. The highest BCUT2D eigenvalue weighted by atomic mass is 33.1. The van der Waals surface area contributed by atoms with Crippen molar-refractivity contribution in [3.05, 3.63) is 124 Å². The first-order chi connectivity index (χ1) is 37.9. The molecule has 0 aromatic heterocycles. The molecule has 4 N–H and O–H groups in total. The normalized spacial score (nSPS) is 18.5. The number of hydrogen-bond acceptors (Lipinski definition) is 17. The van der Waals surface area contributed by atoms with Crippen LogP contribution in [0.3, 0.4) is 0 Å². The van der Waals surface area contributed by atoms with Crippen LogP contribution < -0.4 is 39.4 Å². The van der Waals surface area contributed by atoms with Gasteiger partial charge in [0, 0.05) is 78.1 Å². The zero-order valence-corrected chi connectivity index (χ0v) is 46.1. The van der Waals surface area contributed by atoms with Gasteiger partial charge >= 0.3 is 5.97 Å². The van der Waals surface area contributed by atoms with Gasteiger partial charge in [0.1, 0.15) is 13.2 Å². The number of aliphatic hydroxyl groups is 1. The predicted molar refractivity (Wildman–Crippen MR) is 299 cm³/mol. The zero-order valence-electron chi connectivity index (χ0n) is 43.6. The first-order valence-electron chi connectivity index (χ1n) is 25.6. The quantitative estimate of drug-likeness (QED) is 0.0326. The number of para-hydroxylation sites is 2. The highest BCUT2D eigenvalue weighted by Crippen LogP contribution is 2.44. The van der Waals surface area contributed by atoms with Gasteiger partial charge in [-0.3, -0.25) is 33.6 Å². The molecule has 4 amide bonds. The number of ether oxygens (including phenoxy) is 4.